The third-order valence-electron chi connectivity index (χ3n) is 3.34. The van der Waals surface area contributed by atoms with Gasteiger partial charge < -0.3 is 15.2 Å². The monoisotopic (exact) mass is 341 g/mol. The first kappa shape index (κ1) is 19.3. The van der Waals surface area contributed by atoms with Gasteiger partial charge in [0.05, 0.1) is 0 Å². The van der Waals surface area contributed by atoms with E-state index in [0.717, 1.165) is 19.3 Å². The summed E-state index contributed by atoms with van der Waals surface area (Å²) in [5, 5.41) is 12.7. The summed E-state index contributed by atoms with van der Waals surface area (Å²) in [6.45, 7) is 5.87. The first-order valence-electron chi connectivity index (χ1n) is 7.74. The summed E-state index contributed by atoms with van der Waals surface area (Å²) in [7, 11) is 0. The summed E-state index contributed by atoms with van der Waals surface area (Å²) in [5.74, 6) is -0.749. The SMILES string of the molecule is CC(C)CCCC(C)NC(=O)COC(=O)c1ccc(Cl)cc1O. The van der Waals surface area contributed by atoms with Crippen LogP contribution in [0.5, 0.6) is 5.75 Å². The molecule has 23 heavy (non-hydrogen) atoms. The van der Waals surface area contributed by atoms with Crippen LogP contribution in [0.1, 0.15) is 50.4 Å². The van der Waals surface area contributed by atoms with Crippen LogP contribution in [-0.2, 0) is 9.53 Å². The van der Waals surface area contributed by atoms with Crippen LogP contribution >= 0.6 is 11.6 Å². The molecular formula is C17H24ClNO4. The normalized spacial score (nSPS) is 12.0. The number of ether oxygens (including phenoxy) is 1. The fraction of sp³-hybridized carbons (Fsp3) is 0.529. The lowest BCUT2D eigenvalue weighted by atomic mass is 10.0. The molecule has 128 valence electrons. The topological polar surface area (TPSA) is 75.6 Å². The maximum atomic E-state index is 11.8. The van der Waals surface area contributed by atoms with E-state index in [1.165, 1.54) is 18.2 Å². The molecule has 0 heterocycles. The van der Waals surface area contributed by atoms with Crippen LogP contribution in [0, 0.1) is 5.92 Å². The number of phenols is 1. The smallest absolute Gasteiger partial charge is 0.342 e. The lowest BCUT2D eigenvalue weighted by molar-refractivity contribution is -0.124. The molecule has 1 aromatic carbocycles. The second-order valence-corrected chi connectivity index (χ2v) is 6.47. The Balaban J connectivity index is 2.36. The highest BCUT2D eigenvalue weighted by atomic mass is 35.5. The minimum Gasteiger partial charge on any atom is -0.507 e. The molecule has 0 aliphatic heterocycles. The number of phenolic OH excluding ortho intramolecular Hbond substituents is 1. The van der Waals surface area contributed by atoms with Crippen molar-refractivity contribution in [3.05, 3.63) is 28.8 Å². The van der Waals surface area contributed by atoms with Gasteiger partial charge in [-0.15, -0.1) is 0 Å². The predicted molar refractivity (Wildman–Crippen MR) is 89.7 cm³/mol. The van der Waals surface area contributed by atoms with Crippen LogP contribution < -0.4 is 5.32 Å². The van der Waals surface area contributed by atoms with Crippen molar-refractivity contribution in [3.8, 4) is 5.75 Å². The Hall–Kier alpha value is -1.75. The molecule has 1 atom stereocenters. The Morgan fingerprint density at radius 3 is 2.57 bits per heavy atom. The number of nitrogens with one attached hydrogen (secondary N) is 1. The Morgan fingerprint density at radius 2 is 1.96 bits per heavy atom. The zero-order chi connectivity index (χ0) is 17.4. The largest absolute Gasteiger partial charge is 0.507 e. The molecule has 0 radical (unpaired) electrons. The highest BCUT2D eigenvalue weighted by Gasteiger charge is 2.15. The van der Waals surface area contributed by atoms with Gasteiger partial charge in [0, 0.05) is 11.1 Å². The number of hydrogen-bond donors (Lipinski definition) is 2. The molecule has 0 saturated carbocycles. The Morgan fingerprint density at radius 1 is 1.26 bits per heavy atom. The molecule has 0 spiro atoms. The van der Waals surface area contributed by atoms with E-state index in [4.69, 9.17) is 16.3 Å². The molecule has 5 nitrogen and oxygen atoms in total. The molecule has 0 bridgehead atoms. The summed E-state index contributed by atoms with van der Waals surface area (Å²) in [4.78, 5) is 23.6. The molecule has 0 saturated heterocycles. The maximum absolute atomic E-state index is 11.8. The second-order valence-electron chi connectivity index (χ2n) is 6.03. The van der Waals surface area contributed by atoms with Gasteiger partial charge in [0.15, 0.2) is 6.61 Å². The quantitative estimate of drug-likeness (QED) is 0.709. The third-order valence-corrected chi connectivity index (χ3v) is 3.58. The summed E-state index contributed by atoms with van der Waals surface area (Å²) in [6.07, 6.45) is 3.04. The van der Waals surface area contributed by atoms with E-state index in [0.29, 0.717) is 10.9 Å². The molecule has 1 unspecified atom stereocenters. The first-order chi connectivity index (χ1) is 10.8. The van der Waals surface area contributed by atoms with E-state index in [2.05, 4.69) is 19.2 Å². The van der Waals surface area contributed by atoms with E-state index in [9.17, 15) is 14.7 Å². The van der Waals surface area contributed by atoms with E-state index < -0.39 is 5.97 Å². The Labute approximate surface area is 142 Å². The van der Waals surface area contributed by atoms with Crippen molar-refractivity contribution in [2.75, 3.05) is 6.61 Å². The zero-order valence-corrected chi connectivity index (χ0v) is 14.5. The molecule has 6 heteroatoms. The number of aromatic hydroxyl groups is 1. The van der Waals surface area contributed by atoms with Crippen molar-refractivity contribution in [3.63, 3.8) is 0 Å². The average Bonchev–Trinajstić information content (AvgIpc) is 2.44. The van der Waals surface area contributed by atoms with Crippen molar-refractivity contribution < 1.29 is 19.4 Å². The first-order valence-corrected chi connectivity index (χ1v) is 8.12. The van der Waals surface area contributed by atoms with Crippen molar-refractivity contribution in [2.24, 2.45) is 5.92 Å². The number of esters is 1. The van der Waals surface area contributed by atoms with Crippen LogP contribution in [-0.4, -0.2) is 29.6 Å². The molecule has 1 aromatic rings. The van der Waals surface area contributed by atoms with Crippen LogP contribution in [0.3, 0.4) is 0 Å². The molecular weight excluding hydrogens is 318 g/mol. The molecule has 2 N–H and O–H groups in total. The van der Waals surface area contributed by atoms with Gasteiger partial charge in [0.25, 0.3) is 5.91 Å². The van der Waals surface area contributed by atoms with Gasteiger partial charge >= 0.3 is 5.97 Å². The molecule has 1 rings (SSSR count). The fourth-order valence-corrected chi connectivity index (χ4v) is 2.27. The van der Waals surface area contributed by atoms with Crippen molar-refractivity contribution >= 4 is 23.5 Å². The lowest BCUT2D eigenvalue weighted by Gasteiger charge is -2.14. The maximum Gasteiger partial charge on any atom is 0.342 e. The van der Waals surface area contributed by atoms with E-state index in [-0.39, 0.29) is 29.9 Å². The number of carbonyl (C=O) groups is 2. The summed E-state index contributed by atoms with van der Waals surface area (Å²) >= 11 is 5.69. The van der Waals surface area contributed by atoms with Crippen LogP contribution in [0.25, 0.3) is 0 Å². The zero-order valence-electron chi connectivity index (χ0n) is 13.8. The Kier molecular flexibility index (Phi) is 7.89. The standard InChI is InChI=1S/C17H24ClNO4/c1-11(2)5-4-6-12(3)19-16(21)10-23-17(22)14-8-7-13(18)9-15(14)20/h7-9,11-12,20H,4-6,10H2,1-3H3,(H,19,21). The number of rotatable bonds is 8. The number of hydrogen-bond acceptors (Lipinski definition) is 4. The minimum absolute atomic E-state index is 0.0211. The highest BCUT2D eigenvalue weighted by Crippen LogP contribution is 2.22. The summed E-state index contributed by atoms with van der Waals surface area (Å²) in [5.41, 5.74) is -0.0211. The van der Waals surface area contributed by atoms with E-state index in [1.807, 2.05) is 6.92 Å². The van der Waals surface area contributed by atoms with Crippen LogP contribution in [0.4, 0.5) is 0 Å². The second kappa shape index (κ2) is 9.40. The fourth-order valence-electron chi connectivity index (χ4n) is 2.11. The molecule has 1 amide bonds. The van der Waals surface area contributed by atoms with Gasteiger partial charge in [-0.25, -0.2) is 4.79 Å². The van der Waals surface area contributed by atoms with Gasteiger partial charge in [-0.1, -0.05) is 38.3 Å². The highest BCUT2D eigenvalue weighted by molar-refractivity contribution is 6.30. The van der Waals surface area contributed by atoms with Crippen molar-refractivity contribution in [2.45, 2.75) is 46.1 Å². The average molecular weight is 342 g/mol. The molecule has 0 aliphatic carbocycles. The summed E-state index contributed by atoms with van der Waals surface area (Å²) < 4.78 is 4.90. The minimum atomic E-state index is -0.762. The van der Waals surface area contributed by atoms with Crippen molar-refractivity contribution in [1.82, 2.24) is 5.32 Å². The Bertz CT molecular complexity index is 545. The number of benzene rings is 1. The number of halogens is 1. The number of amides is 1. The van der Waals surface area contributed by atoms with E-state index in [1.54, 1.807) is 0 Å². The van der Waals surface area contributed by atoms with Gasteiger partial charge in [0.1, 0.15) is 11.3 Å². The van der Waals surface area contributed by atoms with Crippen molar-refractivity contribution in [1.29, 1.82) is 0 Å². The van der Waals surface area contributed by atoms with Crippen LogP contribution in [0.2, 0.25) is 5.02 Å². The van der Waals surface area contributed by atoms with Crippen LogP contribution in [0.15, 0.2) is 18.2 Å². The van der Waals surface area contributed by atoms with Gasteiger partial charge in [0.2, 0.25) is 0 Å². The van der Waals surface area contributed by atoms with Gasteiger partial charge in [-0.2, -0.15) is 0 Å². The van der Waals surface area contributed by atoms with Gasteiger partial charge in [-0.3, -0.25) is 4.79 Å². The lowest BCUT2D eigenvalue weighted by Crippen LogP contribution is -2.35. The summed E-state index contributed by atoms with van der Waals surface area (Å²) in [6, 6.07) is 4.10. The van der Waals surface area contributed by atoms with E-state index >= 15 is 0 Å². The molecule has 0 fully saturated rings. The third kappa shape index (κ3) is 7.37. The predicted octanol–water partition coefficient (Wildman–Crippen LogP) is 3.53. The molecule has 0 aromatic heterocycles. The molecule has 0 aliphatic rings. The number of carbonyl (C=O) groups excluding carboxylic acids is 2. The van der Waals surface area contributed by atoms with Gasteiger partial charge in [-0.05, 0) is 37.5 Å².